The summed E-state index contributed by atoms with van der Waals surface area (Å²) in [5, 5.41) is 0. The fourth-order valence-electron chi connectivity index (χ4n) is 1.35. The van der Waals surface area contributed by atoms with Crippen molar-refractivity contribution in [2.75, 3.05) is 18.6 Å². The van der Waals surface area contributed by atoms with Crippen molar-refractivity contribution in [3.63, 3.8) is 0 Å². The Kier molecular flexibility index (Phi) is 5.08. The average Bonchev–Trinajstić information content (AvgIpc) is 2.31. The minimum Gasteiger partial charge on any atom is -0.469 e. The number of nitrogens with zero attached hydrogens (tertiary/aromatic N) is 1. The van der Waals surface area contributed by atoms with Crippen LogP contribution in [-0.4, -0.2) is 25.7 Å². The van der Waals surface area contributed by atoms with Crippen LogP contribution in [0.3, 0.4) is 0 Å². The van der Waals surface area contributed by atoms with E-state index in [2.05, 4.69) is 20.7 Å². The molecule has 7 heteroatoms. The van der Waals surface area contributed by atoms with Gasteiger partial charge in [0.25, 0.3) is 0 Å². The highest BCUT2D eigenvalue weighted by Gasteiger charge is 2.18. The van der Waals surface area contributed by atoms with Gasteiger partial charge in [-0.05, 0) is 18.2 Å². The third kappa shape index (κ3) is 3.69. The third-order valence-electron chi connectivity index (χ3n) is 2.23. The molecular formula is C11H12BrFN2O3. The van der Waals surface area contributed by atoms with Crippen LogP contribution in [0.5, 0.6) is 0 Å². The number of carbonyl (C=O) groups excluding carboxylic acids is 2. The summed E-state index contributed by atoms with van der Waals surface area (Å²) in [6, 6.07) is 3.36. The zero-order valence-corrected chi connectivity index (χ0v) is 11.2. The van der Waals surface area contributed by atoms with Gasteiger partial charge in [0.15, 0.2) is 0 Å². The third-order valence-corrected chi connectivity index (χ3v) is 2.73. The molecule has 98 valence electrons. The first-order valence-electron chi connectivity index (χ1n) is 5.04. The van der Waals surface area contributed by atoms with Gasteiger partial charge in [-0.2, -0.15) is 0 Å². The predicted molar refractivity (Wildman–Crippen MR) is 67.7 cm³/mol. The van der Waals surface area contributed by atoms with Crippen molar-refractivity contribution in [3.8, 4) is 0 Å². The van der Waals surface area contributed by atoms with E-state index in [-0.39, 0.29) is 18.7 Å². The number of hydrogen-bond donors (Lipinski definition) is 1. The van der Waals surface area contributed by atoms with Gasteiger partial charge in [-0.25, -0.2) is 9.18 Å². The van der Waals surface area contributed by atoms with Crippen molar-refractivity contribution in [3.05, 3.63) is 28.5 Å². The van der Waals surface area contributed by atoms with Gasteiger partial charge in [0.05, 0.1) is 19.2 Å². The molecule has 0 aliphatic heterocycles. The highest BCUT2D eigenvalue weighted by atomic mass is 79.9. The molecule has 5 nitrogen and oxygen atoms in total. The molecule has 2 N–H and O–H groups in total. The van der Waals surface area contributed by atoms with Crippen LogP contribution in [0.1, 0.15) is 6.42 Å². The van der Waals surface area contributed by atoms with Gasteiger partial charge in [0.1, 0.15) is 5.82 Å². The number of methoxy groups -OCH3 is 1. The Morgan fingerprint density at radius 2 is 2.17 bits per heavy atom. The molecule has 0 atom stereocenters. The lowest BCUT2D eigenvalue weighted by atomic mass is 10.2. The number of hydrogen-bond acceptors (Lipinski definition) is 3. The van der Waals surface area contributed by atoms with Gasteiger partial charge in [-0.3, -0.25) is 9.69 Å². The number of rotatable bonds is 4. The minimum absolute atomic E-state index is 0.0228. The maximum absolute atomic E-state index is 13.7. The monoisotopic (exact) mass is 318 g/mol. The van der Waals surface area contributed by atoms with Crippen LogP contribution < -0.4 is 10.6 Å². The highest BCUT2D eigenvalue weighted by Crippen LogP contribution is 2.23. The van der Waals surface area contributed by atoms with Crippen molar-refractivity contribution in [1.82, 2.24) is 0 Å². The summed E-state index contributed by atoms with van der Waals surface area (Å²) in [5.41, 5.74) is 5.18. The van der Waals surface area contributed by atoms with Gasteiger partial charge in [0.2, 0.25) is 0 Å². The van der Waals surface area contributed by atoms with Crippen LogP contribution in [0.15, 0.2) is 22.7 Å². The van der Waals surface area contributed by atoms with E-state index in [0.717, 1.165) is 4.90 Å². The summed E-state index contributed by atoms with van der Waals surface area (Å²) < 4.78 is 18.7. The molecule has 2 amide bonds. The number of anilines is 1. The van der Waals surface area contributed by atoms with Crippen LogP contribution >= 0.6 is 15.9 Å². The highest BCUT2D eigenvalue weighted by molar-refractivity contribution is 9.10. The quantitative estimate of drug-likeness (QED) is 0.863. The van der Waals surface area contributed by atoms with Crippen LogP contribution in [-0.2, 0) is 9.53 Å². The van der Waals surface area contributed by atoms with E-state index < -0.39 is 17.8 Å². The van der Waals surface area contributed by atoms with Gasteiger partial charge in [-0.15, -0.1) is 0 Å². The molecule has 0 aliphatic carbocycles. The van der Waals surface area contributed by atoms with E-state index in [1.165, 1.54) is 19.2 Å². The van der Waals surface area contributed by atoms with Crippen molar-refractivity contribution >= 4 is 33.6 Å². The number of benzene rings is 1. The van der Waals surface area contributed by atoms with Crippen molar-refractivity contribution in [2.24, 2.45) is 5.73 Å². The van der Waals surface area contributed by atoms with E-state index in [4.69, 9.17) is 5.73 Å². The second-order valence-electron chi connectivity index (χ2n) is 3.41. The smallest absolute Gasteiger partial charge is 0.319 e. The SMILES string of the molecule is COC(=O)CCN(C(N)=O)c1ccc(Br)cc1F. The van der Waals surface area contributed by atoms with Crippen LogP contribution in [0.2, 0.25) is 0 Å². The molecular weight excluding hydrogens is 307 g/mol. The van der Waals surface area contributed by atoms with E-state index in [9.17, 15) is 14.0 Å². The number of ether oxygens (including phenoxy) is 1. The lowest BCUT2D eigenvalue weighted by molar-refractivity contribution is -0.140. The number of urea groups is 1. The second kappa shape index (κ2) is 6.34. The summed E-state index contributed by atoms with van der Waals surface area (Å²) in [6.07, 6.45) is -0.0606. The summed E-state index contributed by atoms with van der Waals surface area (Å²) in [4.78, 5) is 23.2. The van der Waals surface area contributed by atoms with E-state index in [1.54, 1.807) is 6.07 Å². The Hall–Kier alpha value is -1.63. The normalized spacial score (nSPS) is 9.94. The molecule has 0 unspecified atom stereocenters. The van der Waals surface area contributed by atoms with Gasteiger partial charge < -0.3 is 10.5 Å². The van der Waals surface area contributed by atoms with Crippen molar-refractivity contribution in [1.29, 1.82) is 0 Å². The molecule has 1 rings (SSSR count). The first kappa shape index (κ1) is 14.4. The Labute approximate surface area is 112 Å². The predicted octanol–water partition coefficient (Wildman–Crippen LogP) is 2.04. The van der Waals surface area contributed by atoms with Gasteiger partial charge >= 0.3 is 12.0 Å². The molecule has 0 spiro atoms. The molecule has 0 saturated carbocycles. The first-order chi connectivity index (χ1) is 8.45. The Bertz CT molecular complexity index is 468. The number of esters is 1. The number of amides is 2. The number of halogens is 2. The molecule has 0 fully saturated rings. The average molecular weight is 319 g/mol. The summed E-state index contributed by atoms with van der Waals surface area (Å²) in [6.45, 7) is -0.0411. The standard InChI is InChI=1S/C11H12BrFN2O3/c1-18-10(16)4-5-15(11(14)17)9-3-2-7(12)6-8(9)13/h2-3,6H,4-5H2,1H3,(H2,14,17). The lowest BCUT2D eigenvalue weighted by Crippen LogP contribution is -2.38. The van der Waals surface area contributed by atoms with Crippen LogP contribution in [0, 0.1) is 5.82 Å². The molecule has 0 saturated heterocycles. The van der Waals surface area contributed by atoms with Crippen molar-refractivity contribution in [2.45, 2.75) is 6.42 Å². The Morgan fingerprint density at radius 3 is 2.67 bits per heavy atom. The zero-order chi connectivity index (χ0) is 13.7. The fraction of sp³-hybridized carbons (Fsp3) is 0.273. The summed E-state index contributed by atoms with van der Waals surface area (Å²) in [5.74, 6) is -1.10. The van der Waals surface area contributed by atoms with E-state index in [0.29, 0.717) is 4.47 Å². The van der Waals surface area contributed by atoms with Gasteiger partial charge in [0, 0.05) is 11.0 Å². The molecule has 18 heavy (non-hydrogen) atoms. The molecule has 1 aromatic carbocycles. The van der Waals surface area contributed by atoms with Crippen molar-refractivity contribution < 1.29 is 18.7 Å². The van der Waals surface area contributed by atoms with Gasteiger partial charge in [-0.1, -0.05) is 15.9 Å². The summed E-state index contributed by atoms with van der Waals surface area (Å²) >= 11 is 3.11. The molecule has 0 aliphatic rings. The molecule has 0 radical (unpaired) electrons. The Morgan fingerprint density at radius 1 is 1.50 bits per heavy atom. The topological polar surface area (TPSA) is 72.6 Å². The molecule has 0 aromatic heterocycles. The van der Waals surface area contributed by atoms with E-state index in [1.807, 2.05) is 0 Å². The first-order valence-corrected chi connectivity index (χ1v) is 5.84. The van der Waals surface area contributed by atoms with Crippen LogP contribution in [0.4, 0.5) is 14.9 Å². The second-order valence-corrected chi connectivity index (χ2v) is 4.33. The maximum Gasteiger partial charge on any atom is 0.319 e. The fourth-order valence-corrected chi connectivity index (χ4v) is 1.69. The molecule has 0 heterocycles. The van der Waals surface area contributed by atoms with Crippen LogP contribution in [0.25, 0.3) is 0 Å². The number of carbonyl (C=O) groups is 2. The lowest BCUT2D eigenvalue weighted by Gasteiger charge is -2.20. The minimum atomic E-state index is -0.833. The molecule has 0 bridgehead atoms. The largest absolute Gasteiger partial charge is 0.469 e. The Balaban J connectivity index is 2.91. The number of nitrogens with two attached hydrogens (primary N) is 1. The zero-order valence-electron chi connectivity index (χ0n) is 9.65. The molecule has 1 aromatic rings. The summed E-state index contributed by atoms with van der Waals surface area (Å²) in [7, 11) is 1.23. The van der Waals surface area contributed by atoms with E-state index >= 15 is 0 Å². The number of primary amides is 1. The maximum atomic E-state index is 13.7.